The van der Waals surface area contributed by atoms with Gasteiger partial charge in [-0.2, -0.15) is 5.10 Å². The Bertz CT molecular complexity index is 1120. The first-order valence-electron chi connectivity index (χ1n) is 8.44. The molecule has 0 atom stereocenters. The standard InChI is InChI=1S/C20H20N2O4S/c1-4-22-20(24)16(12-21-22)19(23)15-10-11-17(27(3,25)26)18(13(15)2)14-8-6-5-7-9-14/h5-12,24H,4H2,1-3H3. The Labute approximate surface area is 158 Å². The number of hydrogen-bond donors (Lipinski definition) is 1. The fraction of sp³-hybridized carbons (Fsp3) is 0.200. The quantitative estimate of drug-likeness (QED) is 0.682. The van der Waals surface area contributed by atoms with Gasteiger partial charge in [0, 0.05) is 23.9 Å². The predicted octanol–water partition coefficient (Wildman–Crippen LogP) is 3.22. The Balaban J connectivity index is 2.24. The van der Waals surface area contributed by atoms with E-state index >= 15 is 0 Å². The number of benzene rings is 2. The molecule has 0 saturated heterocycles. The van der Waals surface area contributed by atoms with Gasteiger partial charge in [0.25, 0.3) is 0 Å². The fourth-order valence-electron chi connectivity index (χ4n) is 3.12. The van der Waals surface area contributed by atoms with Crippen molar-refractivity contribution in [3.05, 3.63) is 65.4 Å². The van der Waals surface area contributed by atoms with Crippen molar-refractivity contribution in [3.63, 3.8) is 0 Å². The van der Waals surface area contributed by atoms with Crippen molar-refractivity contribution in [2.45, 2.75) is 25.3 Å². The van der Waals surface area contributed by atoms with Gasteiger partial charge in [-0.1, -0.05) is 30.3 Å². The number of carbonyl (C=O) groups excluding carboxylic acids is 1. The predicted molar refractivity (Wildman–Crippen MR) is 103 cm³/mol. The maximum Gasteiger partial charge on any atom is 0.220 e. The molecule has 0 aliphatic heterocycles. The molecule has 7 heteroatoms. The first kappa shape index (κ1) is 18.8. The zero-order valence-electron chi connectivity index (χ0n) is 15.3. The maximum absolute atomic E-state index is 13.0. The van der Waals surface area contributed by atoms with Crippen LogP contribution in [0.25, 0.3) is 11.1 Å². The Morgan fingerprint density at radius 2 is 1.78 bits per heavy atom. The number of rotatable bonds is 5. The molecule has 0 aliphatic rings. The minimum absolute atomic E-state index is 0.0890. The largest absolute Gasteiger partial charge is 0.493 e. The number of aromatic nitrogens is 2. The van der Waals surface area contributed by atoms with E-state index in [0.29, 0.717) is 28.8 Å². The normalized spacial score (nSPS) is 11.5. The number of sulfone groups is 1. The van der Waals surface area contributed by atoms with Gasteiger partial charge in [0.05, 0.1) is 11.1 Å². The molecule has 6 nitrogen and oxygen atoms in total. The molecule has 0 bridgehead atoms. The second kappa shape index (κ2) is 7.00. The van der Waals surface area contributed by atoms with Crippen molar-refractivity contribution in [1.29, 1.82) is 0 Å². The van der Waals surface area contributed by atoms with Gasteiger partial charge in [0.2, 0.25) is 5.88 Å². The van der Waals surface area contributed by atoms with Crippen molar-refractivity contribution in [3.8, 4) is 17.0 Å². The van der Waals surface area contributed by atoms with Gasteiger partial charge in [-0.05, 0) is 37.1 Å². The van der Waals surface area contributed by atoms with Gasteiger partial charge in [0.1, 0.15) is 5.56 Å². The van der Waals surface area contributed by atoms with Crippen LogP contribution in [0.3, 0.4) is 0 Å². The van der Waals surface area contributed by atoms with Gasteiger partial charge >= 0.3 is 0 Å². The van der Waals surface area contributed by atoms with Crippen molar-refractivity contribution >= 4 is 15.6 Å². The van der Waals surface area contributed by atoms with Crippen LogP contribution in [-0.2, 0) is 16.4 Å². The zero-order chi connectivity index (χ0) is 19.8. The molecule has 2 aromatic carbocycles. The average molecular weight is 384 g/mol. The van der Waals surface area contributed by atoms with Crippen LogP contribution >= 0.6 is 0 Å². The molecule has 0 spiro atoms. The summed E-state index contributed by atoms with van der Waals surface area (Å²) < 4.78 is 25.9. The van der Waals surface area contributed by atoms with E-state index in [-0.39, 0.29) is 16.3 Å². The smallest absolute Gasteiger partial charge is 0.220 e. The van der Waals surface area contributed by atoms with Crippen LogP contribution in [-0.4, -0.2) is 35.3 Å². The number of carbonyl (C=O) groups is 1. The molecule has 0 amide bonds. The molecule has 1 aromatic heterocycles. The summed E-state index contributed by atoms with van der Waals surface area (Å²) in [7, 11) is -3.50. The molecule has 0 unspecified atom stereocenters. The molecule has 0 aliphatic carbocycles. The summed E-state index contributed by atoms with van der Waals surface area (Å²) in [5.41, 5.74) is 2.15. The van der Waals surface area contributed by atoms with E-state index < -0.39 is 15.6 Å². The Morgan fingerprint density at radius 1 is 1.11 bits per heavy atom. The molecule has 1 heterocycles. The highest BCUT2D eigenvalue weighted by Crippen LogP contribution is 2.34. The van der Waals surface area contributed by atoms with Crippen LogP contribution < -0.4 is 0 Å². The molecule has 27 heavy (non-hydrogen) atoms. The van der Waals surface area contributed by atoms with Crippen LogP contribution in [0.4, 0.5) is 0 Å². The Morgan fingerprint density at radius 3 is 2.33 bits per heavy atom. The fourth-order valence-corrected chi connectivity index (χ4v) is 4.08. The third-order valence-electron chi connectivity index (χ3n) is 4.49. The highest BCUT2D eigenvalue weighted by Gasteiger charge is 2.24. The van der Waals surface area contributed by atoms with Gasteiger partial charge in [-0.25, -0.2) is 13.1 Å². The first-order chi connectivity index (χ1) is 12.8. The Kier molecular flexibility index (Phi) is 4.89. The van der Waals surface area contributed by atoms with E-state index in [9.17, 15) is 18.3 Å². The van der Waals surface area contributed by atoms with E-state index in [0.717, 1.165) is 6.26 Å². The minimum atomic E-state index is -3.50. The molecular formula is C20H20N2O4S. The summed E-state index contributed by atoms with van der Waals surface area (Å²) in [5.74, 6) is -0.600. The lowest BCUT2D eigenvalue weighted by Crippen LogP contribution is -2.08. The lowest BCUT2D eigenvalue weighted by atomic mass is 9.93. The SMILES string of the molecule is CCn1ncc(C(=O)c2ccc(S(C)(=O)=O)c(-c3ccccc3)c2C)c1O. The number of nitrogens with zero attached hydrogens (tertiary/aromatic N) is 2. The summed E-state index contributed by atoms with van der Waals surface area (Å²) in [5, 5.41) is 14.2. The second-order valence-electron chi connectivity index (χ2n) is 6.28. The van der Waals surface area contributed by atoms with E-state index in [1.165, 1.54) is 23.0 Å². The molecule has 3 rings (SSSR count). The number of ketones is 1. The van der Waals surface area contributed by atoms with Crippen LogP contribution in [0.15, 0.2) is 53.6 Å². The van der Waals surface area contributed by atoms with E-state index in [1.807, 2.05) is 18.2 Å². The second-order valence-corrected chi connectivity index (χ2v) is 8.26. The minimum Gasteiger partial charge on any atom is -0.493 e. The number of aromatic hydroxyl groups is 1. The van der Waals surface area contributed by atoms with Crippen molar-refractivity contribution in [1.82, 2.24) is 9.78 Å². The van der Waals surface area contributed by atoms with E-state index in [2.05, 4.69) is 5.10 Å². The number of hydrogen-bond acceptors (Lipinski definition) is 5. The summed E-state index contributed by atoms with van der Waals surface area (Å²) in [6.07, 6.45) is 2.47. The van der Waals surface area contributed by atoms with Crippen LogP contribution in [0, 0.1) is 6.92 Å². The zero-order valence-corrected chi connectivity index (χ0v) is 16.1. The topological polar surface area (TPSA) is 89.3 Å². The summed E-state index contributed by atoms with van der Waals surface area (Å²) in [6, 6.07) is 12.0. The lowest BCUT2D eigenvalue weighted by molar-refractivity contribution is 0.103. The summed E-state index contributed by atoms with van der Waals surface area (Å²) in [4.78, 5) is 13.2. The van der Waals surface area contributed by atoms with Crippen molar-refractivity contribution in [2.75, 3.05) is 6.26 Å². The van der Waals surface area contributed by atoms with Crippen LogP contribution in [0.1, 0.15) is 28.4 Å². The third-order valence-corrected chi connectivity index (χ3v) is 5.63. The van der Waals surface area contributed by atoms with Gasteiger partial charge in [0.15, 0.2) is 15.6 Å². The number of aryl methyl sites for hydroxylation is 1. The van der Waals surface area contributed by atoms with Crippen molar-refractivity contribution < 1.29 is 18.3 Å². The molecule has 3 aromatic rings. The molecule has 0 radical (unpaired) electrons. The average Bonchev–Trinajstić information content (AvgIpc) is 3.01. The van der Waals surface area contributed by atoms with Gasteiger partial charge < -0.3 is 5.11 Å². The first-order valence-corrected chi connectivity index (χ1v) is 10.3. The van der Waals surface area contributed by atoms with Gasteiger partial charge in [-0.15, -0.1) is 0 Å². The van der Waals surface area contributed by atoms with E-state index in [1.54, 1.807) is 26.0 Å². The molecule has 0 saturated carbocycles. The molecule has 140 valence electrons. The summed E-state index contributed by atoms with van der Waals surface area (Å²) >= 11 is 0. The Hall–Kier alpha value is -2.93. The van der Waals surface area contributed by atoms with Crippen LogP contribution in [0.2, 0.25) is 0 Å². The maximum atomic E-state index is 13.0. The lowest BCUT2D eigenvalue weighted by Gasteiger charge is -2.15. The molecule has 1 N–H and O–H groups in total. The molecule has 0 fully saturated rings. The molecular weight excluding hydrogens is 364 g/mol. The highest BCUT2D eigenvalue weighted by molar-refractivity contribution is 7.90. The third kappa shape index (κ3) is 3.38. The van der Waals surface area contributed by atoms with Gasteiger partial charge in [-0.3, -0.25) is 4.79 Å². The van der Waals surface area contributed by atoms with Crippen molar-refractivity contribution in [2.24, 2.45) is 0 Å². The monoisotopic (exact) mass is 384 g/mol. The van der Waals surface area contributed by atoms with Crippen LogP contribution in [0.5, 0.6) is 5.88 Å². The van der Waals surface area contributed by atoms with E-state index in [4.69, 9.17) is 0 Å². The highest BCUT2D eigenvalue weighted by atomic mass is 32.2. The summed E-state index contributed by atoms with van der Waals surface area (Å²) in [6.45, 7) is 3.95.